The fraction of sp³-hybridized carbons (Fsp3) is 0.636. The molecule has 2 rings (SSSR count). The van der Waals surface area contributed by atoms with Gasteiger partial charge in [-0.3, -0.25) is 9.48 Å². The minimum Gasteiger partial charge on any atom is -0.481 e. The molecule has 0 atom stereocenters. The van der Waals surface area contributed by atoms with E-state index in [0.29, 0.717) is 17.4 Å². The molecule has 1 fully saturated rings. The van der Waals surface area contributed by atoms with Crippen molar-refractivity contribution in [2.24, 2.45) is 7.05 Å². The molecule has 1 saturated carbocycles. The quantitative estimate of drug-likeness (QED) is 0.909. The van der Waals surface area contributed by atoms with Crippen molar-refractivity contribution in [3.8, 4) is 0 Å². The second-order valence-corrected chi connectivity index (χ2v) is 5.24. The van der Waals surface area contributed by atoms with Gasteiger partial charge in [0.25, 0.3) is 0 Å². The molecule has 0 saturated heterocycles. The van der Waals surface area contributed by atoms with Crippen LogP contribution in [0.15, 0.2) is 10.7 Å². The Hall–Kier alpha value is -0.840. The molecule has 0 radical (unpaired) electrons. The number of aromatic nitrogens is 2. The lowest BCUT2D eigenvalue weighted by atomic mass is 9.72. The van der Waals surface area contributed by atoms with Crippen LogP contribution in [0.5, 0.6) is 0 Å². The number of hydrogen-bond acceptors (Lipinski definition) is 2. The number of nitrogens with zero attached hydrogens (tertiary/aromatic N) is 2. The minimum absolute atomic E-state index is 0.705. The summed E-state index contributed by atoms with van der Waals surface area (Å²) in [4.78, 5) is 11.6. The van der Waals surface area contributed by atoms with E-state index >= 15 is 0 Å². The Balaban J connectivity index is 2.46. The molecule has 0 unspecified atom stereocenters. The molecular weight excluding hydrogens is 272 g/mol. The van der Waals surface area contributed by atoms with Gasteiger partial charge in [-0.1, -0.05) is 19.3 Å². The van der Waals surface area contributed by atoms with Crippen LogP contribution in [0.4, 0.5) is 0 Å². The Kier molecular flexibility index (Phi) is 3.06. The summed E-state index contributed by atoms with van der Waals surface area (Å²) in [5, 5.41) is 13.7. The highest BCUT2D eigenvalue weighted by Gasteiger charge is 2.43. The first-order chi connectivity index (χ1) is 7.56. The van der Waals surface area contributed by atoms with Crippen LogP contribution in [0.25, 0.3) is 0 Å². The van der Waals surface area contributed by atoms with Gasteiger partial charge in [-0.05, 0) is 34.8 Å². The van der Waals surface area contributed by atoms with Crippen LogP contribution < -0.4 is 0 Å². The first-order valence-electron chi connectivity index (χ1n) is 5.50. The molecule has 0 bridgehead atoms. The fourth-order valence-electron chi connectivity index (χ4n) is 2.62. The molecule has 0 aromatic carbocycles. The van der Waals surface area contributed by atoms with Crippen molar-refractivity contribution in [3.05, 3.63) is 16.4 Å². The number of halogens is 1. The molecule has 1 heterocycles. The van der Waals surface area contributed by atoms with Gasteiger partial charge >= 0.3 is 5.97 Å². The molecule has 0 aliphatic heterocycles. The van der Waals surface area contributed by atoms with Crippen LogP contribution in [0.2, 0.25) is 0 Å². The van der Waals surface area contributed by atoms with E-state index in [2.05, 4.69) is 21.0 Å². The fourth-order valence-corrected chi connectivity index (χ4v) is 3.07. The zero-order chi connectivity index (χ0) is 11.8. The Labute approximate surface area is 103 Å². The van der Waals surface area contributed by atoms with Gasteiger partial charge in [-0.2, -0.15) is 5.10 Å². The van der Waals surface area contributed by atoms with E-state index in [1.54, 1.807) is 11.7 Å². The molecule has 1 aliphatic rings. The molecule has 0 amide bonds. The zero-order valence-electron chi connectivity index (χ0n) is 9.24. The third kappa shape index (κ3) is 1.77. The van der Waals surface area contributed by atoms with Crippen molar-refractivity contribution < 1.29 is 9.90 Å². The van der Waals surface area contributed by atoms with Gasteiger partial charge in [-0.15, -0.1) is 0 Å². The van der Waals surface area contributed by atoms with Gasteiger partial charge in [0, 0.05) is 7.05 Å². The molecule has 4 nitrogen and oxygen atoms in total. The van der Waals surface area contributed by atoms with E-state index in [4.69, 9.17) is 0 Å². The van der Waals surface area contributed by atoms with Crippen LogP contribution in [-0.2, 0) is 17.3 Å². The lowest BCUT2D eigenvalue weighted by molar-refractivity contribution is -0.145. The van der Waals surface area contributed by atoms with Crippen molar-refractivity contribution in [1.29, 1.82) is 0 Å². The number of carboxylic acid groups (broad SMARTS) is 1. The Morgan fingerprint density at radius 3 is 2.56 bits per heavy atom. The maximum absolute atomic E-state index is 11.6. The van der Waals surface area contributed by atoms with Crippen LogP contribution >= 0.6 is 15.9 Å². The summed E-state index contributed by atoms with van der Waals surface area (Å²) in [5.74, 6) is -0.720. The Morgan fingerprint density at radius 2 is 2.12 bits per heavy atom. The predicted octanol–water partition coefficient (Wildman–Crippen LogP) is 2.47. The molecule has 1 aromatic heterocycles. The summed E-state index contributed by atoms with van der Waals surface area (Å²) >= 11 is 3.30. The monoisotopic (exact) mass is 286 g/mol. The largest absolute Gasteiger partial charge is 0.481 e. The number of carboxylic acids is 1. The summed E-state index contributed by atoms with van der Waals surface area (Å²) in [5.41, 5.74) is 0.0815. The van der Waals surface area contributed by atoms with Gasteiger partial charge in [-0.25, -0.2) is 0 Å². The molecule has 16 heavy (non-hydrogen) atoms. The topological polar surface area (TPSA) is 55.1 Å². The van der Waals surface area contributed by atoms with E-state index in [1.165, 1.54) is 0 Å². The summed E-state index contributed by atoms with van der Waals surface area (Å²) in [6.07, 6.45) is 4.53. The van der Waals surface area contributed by atoms with Gasteiger partial charge in [0.05, 0.1) is 5.69 Å². The van der Waals surface area contributed by atoms with E-state index < -0.39 is 11.4 Å². The smallest absolute Gasteiger partial charge is 0.315 e. The normalized spacial score (nSPS) is 19.6. The van der Waals surface area contributed by atoms with Crippen molar-refractivity contribution >= 4 is 21.9 Å². The summed E-state index contributed by atoms with van der Waals surface area (Å²) in [6.45, 7) is 0. The zero-order valence-corrected chi connectivity index (χ0v) is 10.8. The van der Waals surface area contributed by atoms with Crippen molar-refractivity contribution in [2.75, 3.05) is 0 Å². The minimum atomic E-state index is -0.730. The van der Waals surface area contributed by atoms with E-state index in [1.807, 2.05) is 6.07 Å². The first-order valence-corrected chi connectivity index (χ1v) is 6.29. The van der Waals surface area contributed by atoms with Gasteiger partial charge < -0.3 is 5.11 Å². The van der Waals surface area contributed by atoms with Gasteiger partial charge in [0.15, 0.2) is 0 Å². The second-order valence-electron chi connectivity index (χ2n) is 4.42. The number of aryl methyl sites for hydroxylation is 1. The summed E-state index contributed by atoms with van der Waals surface area (Å²) < 4.78 is 2.39. The lowest BCUT2D eigenvalue weighted by Gasteiger charge is -2.33. The summed E-state index contributed by atoms with van der Waals surface area (Å²) in [7, 11) is 1.80. The molecule has 88 valence electrons. The highest BCUT2D eigenvalue weighted by Crippen LogP contribution is 2.40. The Bertz CT molecular complexity index is 408. The van der Waals surface area contributed by atoms with Crippen molar-refractivity contribution in [3.63, 3.8) is 0 Å². The van der Waals surface area contributed by atoms with Crippen LogP contribution in [0, 0.1) is 0 Å². The highest BCUT2D eigenvalue weighted by molar-refractivity contribution is 9.10. The highest BCUT2D eigenvalue weighted by atomic mass is 79.9. The number of aliphatic carboxylic acids is 1. The standard InChI is InChI=1S/C11H15BrN2O2/c1-14-8(7-9(12)13-14)11(10(15)16)5-3-2-4-6-11/h7H,2-6H2,1H3,(H,15,16). The molecular formula is C11H15BrN2O2. The average Bonchev–Trinajstić information content (AvgIpc) is 2.59. The molecule has 1 N–H and O–H groups in total. The SMILES string of the molecule is Cn1nc(Br)cc1C1(C(=O)O)CCCCC1. The second kappa shape index (κ2) is 4.20. The Morgan fingerprint density at radius 1 is 1.50 bits per heavy atom. The molecule has 5 heteroatoms. The summed E-state index contributed by atoms with van der Waals surface area (Å²) in [6, 6.07) is 1.83. The van der Waals surface area contributed by atoms with Gasteiger partial charge in [0.1, 0.15) is 10.0 Å². The number of carbonyl (C=O) groups is 1. The molecule has 0 spiro atoms. The third-order valence-corrected chi connectivity index (χ3v) is 3.84. The van der Waals surface area contributed by atoms with E-state index in [-0.39, 0.29) is 0 Å². The van der Waals surface area contributed by atoms with E-state index in [9.17, 15) is 9.90 Å². The molecule has 1 aliphatic carbocycles. The van der Waals surface area contributed by atoms with Crippen LogP contribution in [-0.4, -0.2) is 20.9 Å². The third-order valence-electron chi connectivity index (χ3n) is 3.46. The lowest BCUT2D eigenvalue weighted by Crippen LogP contribution is -2.39. The molecule has 1 aromatic rings. The van der Waals surface area contributed by atoms with Crippen LogP contribution in [0.3, 0.4) is 0 Å². The van der Waals surface area contributed by atoms with Crippen molar-refractivity contribution in [2.45, 2.75) is 37.5 Å². The average molecular weight is 287 g/mol. The maximum atomic E-state index is 11.6. The van der Waals surface area contributed by atoms with Gasteiger partial charge in [0.2, 0.25) is 0 Å². The van der Waals surface area contributed by atoms with E-state index in [0.717, 1.165) is 25.0 Å². The number of rotatable bonds is 2. The predicted molar refractivity (Wildman–Crippen MR) is 63.3 cm³/mol. The first kappa shape index (κ1) is 11.6. The van der Waals surface area contributed by atoms with Crippen LogP contribution in [0.1, 0.15) is 37.8 Å². The van der Waals surface area contributed by atoms with Crippen molar-refractivity contribution in [1.82, 2.24) is 9.78 Å². The number of hydrogen-bond donors (Lipinski definition) is 1. The maximum Gasteiger partial charge on any atom is 0.315 e.